The second kappa shape index (κ2) is 13.9. The maximum atomic E-state index is 12.9. The van der Waals surface area contributed by atoms with Crippen LogP contribution in [0.1, 0.15) is 17.2 Å². The van der Waals surface area contributed by atoms with Crippen molar-refractivity contribution < 1.29 is 34.1 Å². The third-order valence-corrected chi connectivity index (χ3v) is 4.90. The average molecular weight is 504 g/mol. The van der Waals surface area contributed by atoms with Gasteiger partial charge in [0.15, 0.2) is 12.2 Å². The van der Waals surface area contributed by atoms with E-state index in [1.165, 1.54) is 11.6 Å². The second-order valence-corrected chi connectivity index (χ2v) is 7.52. The highest BCUT2D eigenvalue weighted by atomic mass is 16.6. The molecule has 190 valence electrons. The monoisotopic (exact) mass is 503 g/mol. The molecular weight excluding hydrogens is 478 g/mol. The number of hydrogen-bond acceptors (Lipinski definition) is 8. The van der Waals surface area contributed by atoms with Crippen molar-refractivity contribution in [2.24, 2.45) is 0 Å². The van der Waals surface area contributed by atoms with Gasteiger partial charge in [-0.1, -0.05) is 30.3 Å². The van der Waals surface area contributed by atoms with Gasteiger partial charge in [0, 0.05) is 17.3 Å². The van der Waals surface area contributed by atoms with E-state index < -0.39 is 24.2 Å². The predicted octanol–water partition coefficient (Wildman–Crippen LogP) is 3.73. The number of aliphatic hydroxyl groups excluding tert-OH is 1. The lowest BCUT2D eigenvalue weighted by molar-refractivity contribution is -0.124. The molecule has 0 aliphatic rings. The summed E-state index contributed by atoms with van der Waals surface area (Å²) >= 11 is 0. The van der Waals surface area contributed by atoms with Crippen molar-refractivity contribution in [2.45, 2.75) is 12.2 Å². The van der Waals surface area contributed by atoms with Crippen LogP contribution in [0, 0.1) is 11.3 Å². The molecule has 0 aliphatic heterocycles. The molecule has 0 fully saturated rings. The Labute approximate surface area is 213 Å². The van der Waals surface area contributed by atoms with Crippen molar-refractivity contribution in [1.29, 1.82) is 5.26 Å². The van der Waals surface area contributed by atoms with Crippen molar-refractivity contribution in [3.63, 3.8) is 0 Å². The Hall–Kier alpha value is -4.85. The number of hydrogen-bond donors (Lipinski definition) is 4. The van der Waals surface area contributed by atoms with Gasteiger partial charge in [-0.05, 0) is 54.6 Å². The molecule has 10 heteroatoms. The van der Waals surface area contributed by atoms with Gasteiger partial charge >= 0.3 is 6.09 Å². The number of para-hydroxylation sites is 1. The minimum absolute atomic E-state index is 0.0642. The number of nitrogens with zero attached hydrogens (tertiary/aromatic N) is 1. The maximum Gasteiger partial charge on any atom is 0.412 e. The molecule has 0 aliphatic carbocycles. The van der Waals surface area contributed by atoms with Crippen LogP contribution in [0.2, 0.25) is 0 Å². The number of amides is 2. The number of carbonyl (C=O) groups is 2. The van der Waals surface area contributed by atoms with E-state index in [0.717, 1.165) is 6.08 Å². The topological polar surface area (TPSA) is 150 Å². The van der Waals surface area contributed by atoms with E-state index in [0.29, 0.717) is 28.3 Å². The van der Waals surface area contributed by atoms with Gasteiger partial charge in [-0.3, -0.25) is 15.3 Å². The van der Waals surface area contributed by atoms with Crippen molar-refractivity contribution >= 4 is 17.7 Å². The molecule has 0 bridgehead atoms. The van der Waals surface area contributed by atoms with E-state index in [-0.39, 0.29) is 13.2 Å². The smallest absolute Gasteiger partial charge is 0.412 e. The molecule has 0 radical (unpaired) electrons. The van der Waals surface area contributed by atoms with Crippen LogP contribution < -0.4 is 20.3 Å². The lowest BCUT2D eigenvalue weighted by Crippen LogP contribution is -2.30. The van der Waals surface area contributed by atoms with E-state index >= 15 is 0 Å². The summed E-state index contributed by atoms with van der Waals surface area (Å²) in [5, 5.41) is 29.6. The molecule has 3 rings (SSSR count). The molecule has 4 N–H and O–H groups in total. The van der Waals surface area contributed by atoms with Gasteiger partial charge in [-0.2, -0.15) is 5.26 Å². The van der Waals surface area contributed by atoms with E-state index in [1.54, 1.807) is 78.9 Å². The Morgan fingerprint density at radius 2 is 1.73 bits per heavy atom. The van der Waals surface area contributed by atoms with Gasteiger partial charge in [0.2, 0.25) is 0 Å². The summed E-state index contributed by atoms with van der Waals surface area (Å²) in [6, 6.07) is 23.6. The summed E-state index contributed by atoms with van der Waals surface area (Å²) in [5.41, 5.74) is 2.81. The minimum Gasteiger partial charge on any atom is -0.491 e. The maximum absolute atomic E-state index is 12.9. The first-order valence-corrected chi connectivity index (χ1v) is 11.2. The number of nitrogens with one attached hydrogen (secondary N) is 2. The van der Waals surface area contributed by atoms with Crippen LogP contribution in [-0.4, -0.2) is 41.6 Å². The Balaban J connectivity index is 1.95. The summed E-state index contributed by atoms with van der Waals surface area (Å²) in [6.07, 6.45) is -0.523. The van der Waals surface area contributed by atoms with Gasteiger partial charge in [-0.15, -0.1) is 0 Å². The molecule has 0 saturated carbocycles. The number of carbonyl (C=O) groups excluding carboxylic acids is 2. The highest BCUT2D eigenvalue weighted by molar-refractivity contribution is 5.86. The Bertz CT molecular complexity index is 1240. The third-order valence-electron chi connectivity index (χ3n) is 4.90. The van der Waals surface area contributed by atoms with Gasteiger partial charge in [0.1, 0.15) is 18.1 Å². The highest BCUT2D eigenvalue weighted by Crippen LogP contribution is 2.29. The summed E-state index contributed by atoms with van der Waals surface area (Å²) in [6.45, 7) is -0.120. The van der Waals surface area contributed by atoms with Crippen LogP contribution >= 0.6 is 0 Å². The predicted molar refractivity (Wildman–Crippen MR) is 133 cm³/mol. The molecule has 10 nitrogen and oxygen atoms in total. The van der Waals surface area contributed by atoms with E-state index in [1.807, 2.05) is 6.07 Å². The Kier molecular flexibility index (Phi) is 10.0. The Morgan fingerprint density at radius 3 is 2.41 bits per heavy atom. The first-order chi connectivity index (χ1) is 18.0. The summed E-state index contributed by atoms with van der Waals surface area (Å²) in [4.78, 5) is 24.6. The number of ether oxygens (including phenoxy) is 3. The number of hydroxylamine groups is 1. The largest absolute Gasteiger partial charge is 0.491 e. The van der Waals surface area contributed by atoms with Crippen LogP contribution in [0.4, 0.5) is 10.5 Å². The Morgan fingerprint density at radius 1 is 1.00 bits per heavy atom. The van der Waals surface area contributed by atoms with Crippen LogP contribution in [0.5, 0.6) is 11.5 Å². The standard InChI is InChI=1S/C27H25N3O7/c28-18-19-9-11-21(12-10-19)29-27(33)37-26(20-5-4-8-23(17-20)35-16-15-31)24(13-14-25(32)30-34)36-22-6-2-1-3-7-22/h1-14,17,24,26,31,34H,15-16H2,(H,29,33)(H,30,32)/b14-13+/t24-,26-/m0/s1. The van der Waals surface area contributed by atoms with Crippen LogP contribution in [0.25, 0.3) is 0 Å². The summed E-state index contributed by atoms with van der Waals surface area (Å²) in [5.74, 6) is 0.0565. The molecule has 2 amide bonds. The van der Waals surface area contributed by atoms with Crippen molar-refractivity contribution in [3.05, 3.63) is 102 Å². The first-order valence-electron chi connectivity index (χ1n) is 11.2. The van der Waals surface area contributed by atoms with Gasteiger partial charge in [-0.25, -0.2) is 10.3 Å². The molecule has 0 unspecified atom stereocenters. The molecule has 0 spiro atoms. The second-order valence-electron chi connectivity index (χ2n) is 7.52. The van der Waals surface area contributed by atoms with Gasteiger partial charge in [0.05, 0.1) is 18.2 Å². The zero-order chi connectivity index (χ0) is 26.5. The average Bonchev–Trinajstić information content (AvgIpc) is 2.94. The van der Waals surface area contributed by atoms with Crippen LogP contribution in [-0.2, 0) is 9.53 Å². The third kappa shape index (κ3) is 8.40. The van der Waals surface area contributed by atoms with Crippen molar-refractivity contribution in [1.82, 2.24) is 5.48 Å². The normalized spacial score (nSPS) is 12.1. The molecule has 37 heavy (non-hydrogen) atoms. The molecule has 0 heterocycles. The van der Waals surface area contributed by atoms with Gasteiger partial charge < -0.3 is 19.3 Å². The number of nitriles is 1. The molecular formula is C27H25N3O7. The molecule has 3 aromatic carbocycles. The SMILES string of the molecule is N#Cc1ccc(NC(=O)O[C@@H](c2cccc(OCCO)c2)[C@H](/C=C/C(=O)NO)Oc2ccccc2)cc1. The fraction of sp³-hybridized carbons (Fsp3) is 0.148. The molecule has 0 aromatic heterocycles. The zero-order valence-corrected chi connectivity index (χ0v) is 19.6. The highest BCUT2D eigenvalue weighted by Gasteiger charge is 2.28. The fourth-order valence-electron chi connectivity index (χ4n) is 3.24. The lowest BCUT2D eigenvalue weighted by atomic mass is 10.0. The van der Waals surface area contributed by atoms with Crippen molar-refractivity contribution in [3.8, 4) is 17.6 Å². The lowest BCUT2D eigenvalue weighted by Gasteiger charge is -2.26. The first kappa shape index (κ1) is 26.7. The molecule has 2 atom stereocenters. The van der Waals surface area contributed by atoms with E-state index in [2.05, 4.69) is 5.32 Å². The summed E-state index contributed by atoms with van der Waals surface area (Å²) < 4.78 is 17.3. The van der Waals surface area contributed by atoms with E-state index in [9.17, 15) is 9.59 Å². The van der Waals surface area contributed by atoms with Crippen LogP contribution in [0.15, 0.2) is 91.0 Å². The van der Waals surface area contributed by atoms with E-state index in [4.69, 9.17) is 29.8 Å². The summed E-state index contributed by atoms with van der Waals surface area (Å²) in [7, 11) is 0. The number of anilines is 1. The fourth-order valence-corrected chi connectivity index (χ4v) is 3.24. The number of benzene rings is 3. The minimum atomic E-state index is -1.08. The zero-order valence-electron chi connectivity index (χ0n) is 19.6. The number of rotatable bonds is 11. The molecule has 3 aromatic rings. The molecule has 0 saturated heterocycles. The van der Waals surface area contributed by atoms with Crippen molar-refractivity contribution in [2.75, 3.05) is 18.5 Å². The van der Waals surface area contributed by atoms with Gasteiger partial charge in [0.25, 0.3) is 5.91 Å². The number of aliphatic hydroxyl groups is 1. The quantitative estimate of drug-likeness (QED) is 0.176. The van der Waals surface area contributed by atoms with Crippen LogP contribution in [0.3, 0.4) is 0 Å².